The molecule has 4 aliphatic rings. The summed E-state index contributed by atoms with van der Waals surface area (Å²) in [6.45, 7) is 4.53. The van der Waals surface area contributed by atoms with Gasteiger partial charge in [-0.05, 0) is 110 Å². The van der Waals surface area contributed by atoms with Crippen LogP contribution in [0, 0.1) is 5.92 Å². The molecule has 0 radical (unpaired) electrons. The zero-order chi connectivity index (χ0) is 39.4. The molecule has 10 nitrogen and oxygen atoms in total. The first-order chi connectivity index (χ1) is 27.0. The van der Waals surface area contributed by atoms with Crippen LogP contribution in [0.4, 0.5) is 14.5 Å². The molecule has 56 heavy (non-hydrogen) atoms. The lowest BCUT2D eigenvalue weighted by Crippen LogP contribution is -2.54. The molecule has 3 fully saturated rings. The van der Waals surface area contributed by atoms with E-state index in [9.17, 15) is 24.3 Å². The molecule has 3 heterocycles. The van der Waals surface area contributed by atoms with Gasteiger partial charge in [0.1, 0.15) is 11.8 Å². The predicted molar refractivity (Wildman–Crippen MR) is 209 cm³/mol. The minimum atomic E-state index is -2.99. The number of imide groups is 2. The number of hydrogen-bond donors (Lipinski definition) is 2. The molecule has 12 heteroatoms. The largest absolute Gasteiger partial charge is 0.487 e. The van der Waals surface area contributed by atoms with Gasteiger partial charge in [0.15, 0.2) is 6.61 Å². The number of amides is 4. The van der Waals surface area contributed by atoms with E-state index in [-0.39, 0.29) is 36.5 Å². The summed E-state index contributed by atoms with van der Waals surface area (Å²) in [5.41, 5.74) is 6.01. The number of hydrogen-bond acceptors (Lipinski definition) is 8. The number of piperazine rings is 1. The molecule has 3 aliphatic heterocycles. The molecule has 1 saturated carbocycles. The zero-order valence-electron chi connectivity index (χ0n) is 31.9. The molecule has 7 rings (SSSR count). The Balaban J connectivity index is 0.889. The van der Waals surface area contributed by atoms with Crippen LogP contribution in [0.1, 0.15) is 96.6 Å². The van der Waals surface area contributed by atoms with Crippen LogP contribution in [0.25, 0.3) is 11.1 Å². The van der Waals surface area contributed by atoms with Gasteiger partial charge in [0.25, 0.3) is 17.7 Å². The monoisotopic (exact) mass is 768 g/mol. The van der Waals surface area contributed by atoms with Gasteiger partial charge >= 0.3 is 0 Å². The van der Waals surface area contributed by atoms with Crippen molar-refractivity contribution in [3.05, 3.63) is 95.1 Å². The van der Waals surface area contributed by atoms with E-state index in [4.69, 9.17) is 4.74 Å². The summed E-state index contributed by atoms with van der Waals surface area (Å²) in [5, 5.41) is 12.4. The van der Waals surface area contributed by atoms with Gasteiger partial charge in [-0.2, -0.15) is 0 Å². The highest BCUT2D eigenvalue weighted by Gasteiger charge is 2.45. The fourth-order valence-corrected chi connectivity index (χ4v) is 8.65. The average Bonchev–Trinajstić information content (AvgIpc) is 3.45. The molecular formula is C44H50F2N4O6. The number of rotatable bonds is 13. The van der Waals surface area contributed by atoms with Crippen molar-refractivity contribution in [1.82, 2.24) is 15.1 Å². The maximum Gasteiger partial charge on any atom is 0.281 e. The van der Waals surface area contributed by atoms with Gasteiger partial charge in [-0.15, -0.1) is 0 Å². The second-order valence-electron chi connectivity index (χ2n) is 15.4. The van der Waals surface area contributed by atoms with Gasteiger partial charge in [0.2, 0.25) is 11.8 Å². The van der Waals surface area contributed by atoms with E-state index in [0.717, 1.165) is 48.3 Å². The molecule has 3 aromatic carbocycles. The number of allylic oxidation sites excluding steroid dienone is 2. The van der Waals surface area contributed by atoms with E-state index in [1.54, 1.807) is 30.3 Å². The van der Waals surface area contributed by atoms with Crippen molar-refractivity contribution in [2.24, 2.45) is 5.92 Å². The number of aliphatic hydroxyl groups is 1. The Labute approximate surface area is 326 Å². The second-order valence-corrected chi connectivity index (χ2v) is 15.4. The van der Waals surface area contributed by atoms with Gasteiger partial charge in [-0.1, -0.05) is 49.4 Å². The SMILES string of the molecule is CC/C(=C(/c1ccc(OCC(F)(F)CCCN2CCN(c3ccc4c(c3)C(=O)N(C3CCC(=O)NC3=O)C4=O)CC2)cc1)C1CCC(O)CC1)c1ccccc1. The van der Waals surface area contributed by atoms with Crippen LogP contribution >= 0.6 is 0 Å². The van der Waals surface area contributed by atoms with Crippen LogP contribution in [-0.4, -0.2) is 95.9 Å². The van der Waals surface area contributed by atoms with Crippen molar-refractivity contribution in [2.45, 2.75) is 82.8 Å². The molecule has 3 aromatic rings. The Kier molecular flexibility index (Phi) is 12.0. The number of benzene rings is 3. The van der Waals surface area contributed by atoms with Crippen LogP contribution in [-0.2, 0) is 9.59 Å². The van der Waals surface area contributed by atoms with Gasteiger partial charge in [-0.25, -0.2) is 8.78 Å². The van der Waals surface area contributed by atoms with Crippen molar-refractivity contribution in [1.29, 1.82) is 0 Å². The van der Waals surface area contributed by atoms with E-state index in [1.807, 2.05) is 30.3 Å². The number of nitrogens with one attached hydrogen (secondary N) is 1. The van der Waals surface area contributed by atoms with Gasteiger partial charge < -0.3 is 14.7 Å². The number of fused-ring (bicyclic) bond motifs is 1. The van der Waals surface area contributed by atoms with Gasteiger partial charge in [0, 0.05) is 44.7 Å². The average molecular weight is 769 g/mol. The fraction of sp³-hybridized carbons (Fsp3) is 0.455. The Morgan fingerprint density at radius 1 is 0.839 bits per heavy atom. The molecule has 296 valence electrons. The van der Waals surface area contributed by atoms with Crippen molar-refractivity contribution in [3.8, 4) is 5.75 Å². The van der Waals surface area contributed by atoms with Gasteiger partial charge in [-0.3, -0.25) is 34.3 Å². The van der Waals surface area contributed by atoms with Crippen molar-refractivity contribution in [3.63, 3.8) is 0 Å². The van der Waals surface area contributed by atoms with Crippen LogP contribution < -0.4 is 15.0 Å². The molecule has 2 N–H and O–H groups in total. The maximum absolute atomic E-state index is 15.1. The van der Waals surface area contributed by atoms with Gasteiger partial charge in [0.05, 0.1) is 17.2 Å². The summed E-state index contributed by atoms with van der Waals surface area (Å²) in [5.74, 6) is -4.43. The Morgan fingerprint density at radius 2 is 1.54 bits per heavy atom. The normalized spacial score (nSPS) is 22.5. The molecule has 1 aliphatic carbocycles. The Hall–Kier alpha value is -4.94. The third kappa shape index (κ3) is 8.71. The second kappa shape index (κ2) is 17.1. The minimum absolute atomic E-state index is 0.0583. The minimum Gasteiger partial charge on any atom is -0.487 e. The highest BCUT2D eigenvalue weighted by Crippen LogP contribution is 2.42. The molecule has 0 bridgehead atoms. The lowest BCUT2D eigenvalue weighted by atomic mass is 9.76. The number of carbonyl (C=O) groups is 4. The molecular weight excluding hydrogens is 719 g/mol. The first-order valence-corrected chi connectivity index (χ1v) is 19.9. The first kappa shape index (κ1) is 39.3. The van der Waals surface area contributed by atoms with E-state index < -0.39 is 42.2 Å². The number of alkyl halides is 2. The van der Waals surface area contributed by atoms with E-state index in [0.29, 0.717) is 50.8 Å². The molecule has 0 spiro atoms. The number of carbonyl (C=O) groups excluding carboxylic acids is 4. The van der Waals surface area contributed by atoms with Crippen LogP contribution in [0.2, 0.25) is 0 Å². The van der Waals surface area contributed by atoms with Crippen LogP contribution in [0.15, 0.2) is 72.8 Å². The van der Waals surface area contributed by atoms with Crippen LogP contribution in [0.3, 0.4) is 0 Å². The molecule has 0 aromatic heterocycles. The zero-order valence-corrected chi connectivity index (χ0v) is 31.9. The number of anilines is 1. The number of halogens is 2. The third-order valence-corrected chi connectivity index (χ3v) is 11.7. The summed E-state index contributed by atoms with van der Waals surface area (Å²) in [4.78, 5) is 55.5. The number of piperidine rings is 1. The highest BCUT2D eigenvalue weighted by atomic mass is 19.3. The molecule has 2 saturated heterocycles. The predicted octanol–water partition coefficient (Wildman–Crippen LogP) is 6.58. The highest BCUT2D eigenvalue weighted by molar-refractivity contribution is 6.23. The maximum atomic E-state index is 15.1. The lowest BCUT2D eigenvalue weighted by Gasteiger charge is -2.36. The van der Waals surface area contributed by atoms with Crippen molar-refractivity contribution < 1.29 is 37.8 Å². The summed E-state index contributed by atoms with van der Waals surface area (Å²) in [7, 11) is 0. The van der Waals surface area contributed by atoms with E-state index in [1.165, 1.54) is 16.7 Å². The van der Waals surface area contributed by atoms with Crippen LogP contribution in [0.5, 0.6) is 5.75 Å². The topological polar surface area (TPSA) is 119 Å². The molecule has 1 unspecified atom stereocenters. The fourth-order valence-electron chi connectivity index (χ4n) is 8.65. The smallest absolute Gasteiger partial charge is 0.281 e. The van der Waals surface area contributed by atoms with E-state index in [2.05, 4.69) is 34.2 Å². The number of nitrogens with zero attached hydrogens (tertiary/aromatic N) is 3. The van der Waals surface area contributed by atoms with Crippen molar-refractivity contribution in [2.75, 3.05) is 44.2 Å². The summed E-state index contributed by atoms with van der Waals surface area (Å²) in [6, 6.07) is 21.9. The molecule has 4 amide bonds. The summed E-state index contributed by atoms with van der Waals surface area (Å²) >= 11 is 0. The number of aliphatic hydroxyl groups excluding tert-OH is 1. The van der Waals surface area contributed by atoms with E-state index >= 15 is 8.78 Å². The quantitative estimate of drug-likeness (QED) is 0.148. The van der Waals surface area contributed by atoms with Crippen molar-refractivity contribution >= 4 is 40.5 Å². The number of ether oxygens (including phenoxy) is 1. The summed E-state index contributed by atoms with van der Waals surface area (Å²) in [6.07, 6.45) is 4.11. The Bertz CT molecular complexity index is 1950. The summed E-state index contributed by atoms with van der Waals surface area (Å²) < 4.78 is 35.7. The standard InChI is InChI=1S/C44H50F2N4O6/c1-2-35(29-7-4-3-5-8-29)40(30-9-14-33(51)15-10-30)31-11-16-34(17-12-31)56-28-44(45,46)21-6-22-48-23-25-49(26-24-48)32-13-18-36-37(27-32)43(55)50(42(36)54)38-19-20-39(52)47-41(38)53/h3-5,7-8,11-13,16-18,27,30,33,38,51H,2,6,9-10,14-15,19-26,28H2,1H3,(H,47,52,53)/b40-35-. The lowest BCUT2D eigenvalue weighted by molar-refractivity contribution is -0.136. The molecule has 1 atom stereocenters. The third-order valence-electron chi connectivity index (χ3n) is 11.7. The first-order valence-electron chi connectivity index (χ1n) is 19.9. The Morgan fingerprint density at radius 3 is 2.21 bits per heavy atom.